The molecule has 230 valence electrons. The number of carbonyl (C=O) groups is 1. The minimum absolute atomic E-state index is 0.123. The van der Waals surface area contributed by atoms with E-state index in [0.717, 1.165) is 70.8 Å². The molecule has 2 amide bonds. The summed E-state index contributed by atoms with van der Waals surface area (Å²) in [5, 5.41) is 16.5. The van der Waals surface area contributed by atoms with Crippen LogP contribution in [0.3, 0.4) is 0 Å². The lowest BCUT2D eigenvalue weighted by Gasteiger charge is -2.42. The van der Waals surface area contributed by atoms with E-state index in [4.69, 9.17) is 14.7 Å². The van der Waals surface area contributed by atoms with Crippen molar-refractivity contribution in [3.05, 3.63) is 67.1 Å². The molecule has 3 saturated heterocycles. The van der Waals surface area contributed by atoms with Crippen LogP contribution in [-0.2, 0) is 0 Å². The van der Waals surface area contributed by atoms with Crippen LogP contribution in [-0.4, -0.2) is 92.3 Å². The van der Waals surface area contributed by atoms with Gasteiger partial charge in [0.1, 0.15) is 24.0 Å². The lowest BCUT2D eigenvalue weighted by atomic mass is 9.97. The van der Waals surface area contributed by atoms with Gasteiger partial charge in [0, 0.05) is 36.6 Å². The molecule has 0 aliphatic carbocycles. The van der Waals surface area contributed by atoms with Crippen LogP contribution in [0.4, 0.5) is 16.4 Å². The van der Waals surface area contributed by atoms with E-state index in [1.807, 2.05) is 29.2 Å². The van der Waals surface area contributed by atoms with Crippen LogP contribution >= 0.6 is 0 Å². The van der Waals surface area contributed by atoms with Gasteiger partial charge in [-0.1, -0.05) is 30.3 Å². The predicted octanol–water partition coefficient (Wildman–Crippen LogP) is 5.24. The first-order chi connectivity index (χ1) is 22.0. The molecule has 2 unspecified atom stereocenters. The summed E-state index contributed by atoms with van der Waals surface area (Å²) in [4.78, 5) is 36.6. The number of amides is 2. The Hall–Kier alpha value is -4.90. The summed E-state index contributed by atoms with van der Waals surface area (Å²) in [6.07, 6.45) is 7.36. The van der Waals surface area contributed by atoms with Gasteiger partial charge in [0.2, 0.25) is 0 Å². The minimum atomic E-state index is -0.129. The van der Waals surface area contributed by atoms with Crippen molar-refractivity contribution in [2.45, 2.75) is 43.8 Å². The smallest absolute Gasteiger partial charge is 0.323 e. The number of nitrogens with zero attached hydrogens (tertiary/aromatic N) is 6. The predicted molar refractivity (Wildman–Crippen MR) is 174 cm³/mol. The number of hydrogen-bond donors (Lipinski definition) is 3. The van der Waals surface area contributed by atoms with E-state index in [-0.39, 0.29) is 23.9 Å². The maximum atomic E-state index is 13.1. The summed E-state index contributed by atoms with van der Waals surface area (Å²) >= 11 is 0. The summed E-state index contributed by atoms with van der Waals surface area (Å²) in [7, 11) is 2.14. The zero-order valence-electron chi connectivity index (χ0n) is 25.2. The third kappa shape index (κ3) is 5.16. The van der Waals surface area contributed by atoms with Gasteiger partial charge in [-0.05, 0) is 85.4 Å². The molecule has 3 aliphatic heterocycles. The van der Waals surface area contributed by atoms with Crippen LogP contribution < -0.4 is 15.0 Å². The van der Waals surface area contributed by atoms with Gasteiger partial charge in [-0.2, -0.15) is 9.97 Å². The van der Waals surface area contributed by atoms with Gasteiger partial charge in [0.25, 0.3) is 0 Å². The van der Waals surface area contributed by atoms with Crippen LogP contribution in [0.5, 0.6) is 11.8 Å². The number of hydrogen-bond acceptors (Lipinski definition) is 8. The Morgan fingerprint density at radius 3 is 2.67 bits per heavy atom. The Labute approximate surface area is 260 Å². The summed E-state index contributed by atoms with van der Waals surface area (Å²) in [5.74, 6) is 1.66. The first-order valence-corrected chi connectivity index (χ1v) is 15.7. The van der Waals surface area contributed by atoms with Gasteiger partial charge in [-0.3, -0.25) is 5.32 Å². The molecular formula is C34H36N8O3. The Kier molecular flexibility index (Phi) is 6.89. The van der Waals surface area contributed by atoms with E-state index in [1.165, 1.54) is 0 Å². The number of likely N-dealkylation sites (N-methyl/N-ethyl adjacent to an activating group) is 1. The highest BCUT2D eigenvalue weighted by Gasteiger charge is 2.43. The van der Waals surface area contributed by atoms with E-state index in [9.17, 15) is 9.90 Å². The number of imidazole rings is 1. The summed E-state index contributed by atoms with van der Waals surface area (Å²) in [6.45, 7) is 2.80. The number of H-pyrrole nitrogens is 1. The molecule has 3 aliphatic rings. The molecule has 0 radical (unpaired) electrons. The van der Waals surface area contributed by atoms with Crippen molar-refractivity contribution in [3.8, 4) is 22.9 Å². The number of phenols is 1. The number of carbonyl (C=O) groups excluding carboxylic acids is 1. The number of aromatic nitrogens is 4. The molecule has 3 fully saturated rings. The zero-order valence-corrected chi connectivity index (χ0v) is 25.2. The van der Waals surface area contributed by atoms with Crippen molar-refractivity contribution in [2.24, 2.45) is 0 Å². The minimum Gasteiger partial charge on any atom is -0.508 e. The Morgan fingerprint density at radius 1 is 1.04 bits per heavy atom. The third-order valence-corrected chi connectivity index (χ3v) is 9.64. The summed E-state index contributed by atoms with van der Waals surface area (Å²) < 4.78 is 6.33. The fourth-order valence-corrected chi connectivity index (χ4v) is 7.35. The number of urea groups is 1. The molecule has 3 atom stereocenters. The standard InChI is InChI=1S/C34H36N8O3/c1-40-12-4-6-25(40)19-45-33-37-30-14-22(29-15-26(43)13-21-5-2-3-7-27(21)29)8-11-28(30)32(39-33)42-23-9-10-24(42)18-41(17-23)34(44)38-31-16-35-20-36-31/h2-3,5,7-8,11,13-16,20,23-25,43H,4,6,9-10,12,17-19H2,1H3,(H,35,36)(H,38,44)/t23?,24?,25-/m0/s1. The highest BCUT2D eigenvalue weighted by atomic mass is 16.5. The zero-order chi connectivity index (χ0) is 30.5. The number of aromatic hydroxyl groups is 1. The van der Waals surface area contributed by atoms with E-state index in [1.54, 1.807) is 18.6 Å². The number of fused-ring (bicyclic) bond motifs is 4. The highest BCUT2D eigenvalue weighted by Crippen LogP contribution is 2.40. The monoisotopic (exact) mass is 604 g/mol. The van der Waals surface area contributed by atoms with Gasteiger partial charge in [-0.25, -0.2) is 9.78 Å². The maximum absolute atomic E-state index is 13.1. The van der Waals surface area contributed by atoms with Crippen LogP contribution in [0.15, 0.2) is 67.1 Å². The topological polar surface area (TPSA) is 123 Å². The molecule has 8 rings (SSSR count). The Bertz CT molecular complexity index is 1870. The number of anilines is 2. The fourth-order valence-electron chi connectivity index (χ4n) is 7.35. The molecule has 2 bridgehead atoms. The van der Waals surface area contributed by atoms with Crippen molar-refractivity contribution >= 4 is 39.3 Å². The highest BCUT2D eigenvalue weighted by molar-refractivity contribution is 6.01. The second-order valence-electron chi connectivity index (χ2n) is 12.5. The molecule has 0 saturated carbocycles. The van der Waals surface area contributed by atoms with E-state index in [0.29, 0.717) is 37.6 Å². The fraction of sp³-hybridized carbons (Fsp3) is 0.353. The molecular weight excluding hydrogens is 568 g/mol. The quantitative estimate of drug-likeness (QED) is 0.241. The van der Waals surface area contributed by atoms with Crippen molar-refractivity contribution < 1.29 is 14.6 Å². The molecule has 2 aromatic heterocycles. The van der Waals surface area contributed by atoms with Crippen molar-refractivity contribution in [1.82, 2.24) is 29.7 Å². The average Bonchev–Trinajstić information content (AvgIpc) is 3.78. The molecule has 3 aromatic carbocycles. The Morgan fingerprint density at radius 2 is 1.89 bits per heavy atom. The van der Waals surface area contributed by atoms with E-state index >= 15 is 0 Å². The lowest BCUT2D eigenvalue weighted by molar-refractivity contribution is 0.187. The largest absolute Gasteiger partial charge is 0.508 e. The average molecular weight is 605 g/mol. The molecule has 5 heterocycles. The van der Waals surface area contributed by atoms with Gasteiger partial charge in [0.15, 0.2) is 0 Å². The van der Waals surface area contributed by atoms with Crippen molar-refractivity contribution in [3.63, 3.8) is 0 Å². The van der Waals surface area contributed by atoms with Gasteiger partial charge < -0.3 is 29.5 Å². The lowest BCUT2D eigenvalue weighted by Crippen LogP contribution is -2.56. The van der Waals surface area contributed by atoms with Gasteiger partial charge >= 0.3 is 12.0 Å². The normalized spacial score (nSPS) is 21.6. The molecule has 11 heteroatoms. The maximum Gasteiger partial charge on any atom is 0.323 e. The molecule has 45 heavy (non-hydrogen) atoms. The van der Waals surface area contributed by atoms with Crippen molar-refractivity contribution in [1.29, 1.82) is 0 Å². The first kappa shape index (κ1) is 27.6. The van der Waals surface area contributed by atoms with Crippen LogP contribution in [0.2, 0.25) is 0 Å². The summed E-state index contributed by atoms with van der Waals surface area (Å²) in [5.41, 5.74) is 2.70. The number of likely N-dealkylation sites (tertiary alicyclic amines) is 2. The number of rotatable bonds is 6. The number of aromatic amines is 1. The molecule has 5 aromatic rings. The Balaban J connectivity index is 1.16. The van der Waals surface area contributed by atoms with Gasteiger partial charge in [0.05, 0.1) is 18.0 Å². The molecule has 0 spiro atoms. The third-order valence-electron chi connectivity index (χ3n) is 9.64. The first-order valence-electron chi connectivity index (χ1n) is 15.7. The number of ether oxygens (including phenoxy) is 1. The molecule has 11 nitrogen and oxygen atoms in total. The molecule has 3 N–H and O–H groups in total. The van der Waals surface area contributed by atoms with Crippen molar-refractivity contribution in [2.75, 3.05) is 43.5 Å². The number of piperazine rings is 1. The second kappa shape index (κ2) is 11.2. The number of benzene rings is 3. The van der Waals surface area contributed by atoms with Crippen LogP contribution in [0, 0.1) is 0 Å². The number of phenolic OH excluding ortho intramolecular Hbond substituents is 1. The SMILES string of the molecule is CN1CCC[C@H]1COc1nc(N2C3CCC2CN(C(=O)Nc2cnc[nH]2)C3)c2ccc(-c3cc(O)cc4ccccc34)cc2n1. The van der Waals surface area contributed by atoms with Crippen LogP contribution in [0.25, 0.3) is 32.8 Å². The van der Waals surface area contributed by atoms with E-state index < -0.39 is 0 Å². The van der Waals surface area contributed by atoms with E-state index in [2.05, 4.69) is 56.4 Å². The second-order valence-corrected chi connectivity index (χ2v) is 12.5. The van der Waals surface area contributed by atoms with Crippen LogP contribution in [0.1, 0.15) is 25.7 Å². The summed E-state index contributed by atoms with van der Waals surface area (Å²) in [6, 6.07) is 18.8. The number of nitrogens with one attached hydrogen (secondary N) is 2. The van der Waals surface area contributed by atoms with Gasteiger partial charge in [-0.15, -0.1) is 0 Å².